The number of pyridine rings is 1. The van der Waals surface area contributed by atoms with Crippen molar-refractivity contribution in [1.82, 2.24) is 4.98 Å². The van der Waals surface area contributed by atoms with E-state index in [2.05, 4.69) is 22.5 Å². The van der Waals surface area contributed by atoms with Gasteiger partial charge in [-0.05, 0) is 31.0 Å². The van der Waals surface area contributed by atoms with Crippen LogP contribution >= 0.6 is 11.6 Å². The minimum absolute atomic E-state index is 0.240. The van der Waals surface area contributed by atoms with Crippen LogP contribution in [0.2, 0.25) is 5.02 Å². The summed E-state index contributed by atoms with van der Waals surface area (Å²) in [5.74, 6) is 0.410. The lowest BCUT2D eigenvalue weighted by molar-refractivity contribution is 0.102. The Balaban J connectivity index is 2.20. The molecule has 0 aliphatic heterocycles. The van der Waals surface area contributed by atoms with Gasteiger partial charge in [-0.2, -0.15) is 0 Å². The van der Waals surface area contributed by atoms with E-state index in [1.54, 1.807) is 6.07 Å². The SMILES string of the molecule is CCCNc1cc(C(=O)Nc2ccccc2C)c(Cl)cn1. The lowest BCUT2D eigenvalue weighted by Crippen LogP contribution is -2.14. The van der Waals surface area contributed by atoms with Gasteiger partial charge in [0.1, 0.15) is 5.82 Å². The largest absolute Gasteiger partial charge is 0.370 e. The van der Waals surface area contributed by atoms with Crippen LogP contribution in [0.5, 0.6) is 0 Å². The Morgan fingerprint density at radius 3 is 2.81 bits per heavy atom. The number of amides is 1. The van der Waals surface area contributed by atoms with E-state index < -0.39 is 0 Å². The maximum Gasteiger partial charge on any atom is 0.257 e. The predicted octanol–water partition coefficient (Wildman–Crippen LogP) is 4.12. The van der Waals surface area contributed by atoms with Crippen molar-refractivity contribution in [3.63, 3.8) is 0 Å². The van der Waals surface area contributed by atoms with Crippen LogP contribution in [0.25, 0.3) is 0 Å². The number of aryl methyl sites for hydroxylation is 1. The van der Waals surface area contributed by atoms with Crippen molar-refractivity contribution in [1.29, 1.82) is 0 Å². The first-order chi connectivity index (χ1) is 10.1. The molecule has 2 N–H and O–H groups in total. The molecule has 0 spiro atoms. The second kappa shape index (κ2) is 7.09. The number of benzene rings is 1. The van der Waals surface area contributed by atoms with Gasteiger partial charge < -0.3 is 10.6 Å². The smallest absolute Gasteiger partial charge is 0.257 e. The number of halogens is 1. The number of hydrogen-bond acceptors (Lipinski definition) is 3. The van der Waals surface area contributed by atoms with Crippen LogP contribution in [0.4, 0.5) is 11.5 Å². The summed E-state index contributed by atoms with van der Waals surface area (Å²) >= 11 is 6.08. The van der Waals surface area contributed by atoms with Gasteiger partial charge in [0.25, 0.3) is 5.91 Å². The summed E-state index contributed by atoms with van der Waals surface area (Å²) in [6.07, 6.45) is 2.47. The number of carbonyl (C=O) groups excluding carboxylic acids is 1. The molecule has 0 bridgehead atoms. The zero-order valence-corrected chi connectivity index (χ0v) is 12.9. The Kier molecular flexibility index (Phi) is 5.17. The minimum atomic E-state index is -0.240. The van der Waals surface area contributed by atoms with E-state index in [4.69, 9.17) is 11.6 Å². The maximum atomic E-state index is 12.4. The number of rotatable bonds is 5. The number of hydrogen-bond donors (Lipinski definition) is 2. The third-order valence-corrected chi connectivity index (χ3v) is 3.35. The molecule has 4 nitrogen and oxygen atoms in total. The topological polar surface area (TPSA) is 54.0 Å². The highest BCUT2D eigenvalue weighted by Gasteiger charge is 2.13. The Morgan fingerprint density at radius 1 is 1.33 bits per heavy atom. The first kappa shape index (κ1) is 15.3. The normalized spacial score (nSPS) is 10.2. The maximum absolute atomic E-state index is 12.4. The van der Waals surface area contributed by atoms with Crippen LogP contribution in [0.1, 0.15) is 29.3 Å². The van der Waals surface area contributed by atoms with Gasteiger partial charge in [-0.1, -0.05) is 36.7 Å². The van der Waals surface area contributed by atoms with Crippen molar-refractivity contribution < 1.29 is 4.79 Å². The summed E-state index contributed by atoms with van der Waals surface area (Å²) in [5.41, 5.74) is 2.19. The highest BCUT2D eigenvalue weighted by atomic mass is 35.5. The van der Waals surface area contributed by atoms with Crippen LogP contribution in [0.3, 0.4) is 0 Å². The molecule has 5 heteroatoms. The van der Waals surface area contributed by atoms with E-state index in [0.29, 0.717) is 16.4 Å². The average Bonchev–Trinajstić information content (AvgIpc) is 2.48. The summed E-state index contributed by atoms with van der Waals surface area (Å²) in [6, 6.07) is 9.28. The van der Waals surface area contributed by atoms with Gasteiger partial charge in [0.2, 0.25) is 0 Å². The summed E-state index contributed by atoms with van der Waals surface area (Å²) in [6.45, 7) is 4.81. The molecule has 0 unspecified atom stereocenters. The zero-order valence-electron chi connectivity index (χ0n) is 12.1. The number of nitrogens with zero attached hydrogens (tertiary/aromatic N) is 1. The first-order valence-corrected chi connectivity index (χ1v) is 7.26. The van der Waals surface area contributed by atoms with Crippen LogP contribution in [0, 0.1) is 6.92 Å². The van der Waals surface area contributed by atoms with Gasteiger partial charge in [0.15, 0.2) is 0 Å². The third-order valence-electron chi connectivity index (χ3n) is 3.05. The van der Waals surface area contributed by atoms with Crippen LogP contribution in [-0.4, -0.2) is 17.4 Å². The lowest BCUT2D eigenvalue weighted by Gasteiger charge is -2.10. The van der Waals surface area contributed by atoms with E-state index in [9.17, 15) is 4.79 Å². The second-order valence-electron chi connectivity index (χ2n) is 4.75. The van der Waals surface area contributed by atoms with Crippen molar-refractivity contribution in [2.24, 2.45) is 0 Å². The van der Waals surface area contributed by atoms with Gasteiger partial charge >= 0.3 is 0 Å². The van der Waals surface area contributed by atoms with E-state index >= 15 is 0 Å². The first-order valence-electron chi connectivity index (χ1n) is 6.88. The highest BCUT2D eigenvalue weighted by molar-refractivity contribution is 6.34. The minimum Gasteiger partial charge on any atom is -0.370 e. The number of aromatic nitrogens is 1. The molecule has 1 amide bonds. The van der Waals surface area contributed by atoms with Crippen molar-refractivity contribution >= 4 is 29.0 Å². The Labute approximate surface area is 129 Å². The van der Waals surface area contributed by atoms with Crippen molar-refractivity contribution in [2.75, 3.05) is 17.2 Å². The summed E-state index contributed by atoms with van der Waals surface area (Å²) in [7, 11) is 0. The van der Waals surface area contributed by atoms with Gasteiger partial charge in [-0.3, -0.25) is 4.79 Å². The standard InChI is InChI=1S/C16H18ClN3O/c1-3-8-18-15-9-12(13(17)10-19-15)16(21)20-14-7-5-4-6-11(14)2/h4-7,9-10H,3,8H2,1-2H3,(H,18,19)(H,20,21). The summed E-state index contributed by atoms with van der Waals surface area (Å²) in [4.78, 5) is 16.5. The molecular weight excluding hydrogens is 286 g/mol. The molecule has 1 heterocycles. The monoisotopic (exact) mass is 303 g/mol. The molecule has 1 aromatic carbocycles. The Bertz CT molecular complexity index is 643. The predicted molar refractivity (Wildman–Crippen MR) is 87.2 cm³/mol. The Hall–Kier alpha value is -2.07. The van der Waals surface area contributed by atoms with Crippen LogP contribution < -0.4 is 10.6 Å². The number of para-hydroxylation sites is 1. The fourth-order valence-electron chi connectivity index (χ4n) is 1.87. The molecule has 0 radical (unpaired) electrons. The molecule has 2 rings (SSSR count). The molecule has 0 saturated carbocycles. The number of anilines is 2. The molecule has 0 atom stereocenters. The van der Waals surface area contributed by atoms with Crippen LogP contribution in [-0.2, 0) is 0 Å². The van der Waals surface area contributed by atoms with Crippen molar-refractivity contribution in [3.05, 3.63) is 52.7 Å². The molecule has 110 valence electrons. The lowest BCUT2D eigenvalue weighted by atomic mass is 10.2. The zero-order chi connectivity index (χ0) is 15.2. The molecule has 21 heavy (non-hydrogen) atoms. The molecular formula is C16H18ClN3O. The summed E-state index contributed by atoms with van der Waals surface area (Å²) in [5, 5.41) is 6.35. The average molecular weight is 304 g/mol. The van der Waals surface area contributed by atoms with E-state index in [0.717, 1.165) is 24.2 Å². The van der Waals surface area contributed by atoms with Gasteiger partial charge in [0, 0.05) is 18.4 Å². The van der Waals surface area contributed by atoms with E-state index in [1.807, 2.05) is 31.2 Å². The fourth-order valence-corrected chi connectivity index (χ4v) is 2.05. The third kappa shape index (κ3) is 3.95. The van der Waals surface area contributed by atoms with Gasteiger partial charge in [-0.25, -0.2) is 4.98 Å². The quantitative estimate of drug-likeness (QED) is 0.873. The van der Waals surface area contributed by atoms with E-state index in [1.165, 1.54) is 6.20 Å². The van der Waals surface area contributed by atoms with E-state index in [-0.39, 0.29) is 5.91 Å². The van der Waals surface area contributed by atoms with Crippen molar-refractivity contribution in [2.45, 2.75) is 20.3 Å². The molecule has 1 aromatic heterocycles. The highest BCUT2D eigenvalue weighted by Crippen LogP contribution is 2.21. The van der Waals surface area contributed by atoms with Gasteiger partial charge in [0.05, 0.1) is 10.6 Å². The molecule has 0 fully saturated rings. The summed E-state index contributed by atoms with van der Waals surface area (Å²) < 4.78 is 0. The molecule has 0 aliphatic carbocycles. The number of carbonyl (C=O) groups is 1. The number of nitrogens with one attached hydrogen (secondary N) is 2. The molecule has 2 aromatic rings. The van der Waals surface area contributed by atoms with Crippen LogP contribution in [0.15, 0.2) is 36.5 Å². The van der Waals surface area contributed by atoms with Gasteiger partial charge in [-0.15, -0.1) is 0 Å². The fraction of sp³-hybridized carbons (Fsp3) is 0.250. The molecule has 0 aliphatic rings. The van der Waals surface area contributed by atoms with Crippen molar-refractivity contribution in [3.8, 4) is 0 Å². The Morgan fingerprint density at radius 2 is 2.10 bits per heavy atom. The molecule has 0 saturated heterocycles. The second-order valence-corrected chi connectivity index (χ2v) is 5.15.